The van der Waals surface area contributed by atoms with Crippen molar-refractivity contribution in [2.75, 3.05) is 6.54 Å². The van der Waals surface area contributed by atoms with Crippen LogP contribution in [0, 0.1) is 6.92 Å². The van der Waals surface area contributed by atoms with Gasteiger partial charge < -0.3 is 5.32 Å². The molecular formula is C19H19N3OS. The standard InChI is InChI=1S/C19H19N3OS/c1-14-5-2-3-6-15(14)8-10-21-18(23)11-17-13-24-19(22-17)16-7-4-9-20-12-16/h2-7,9,12-13H,8,10-11H2,1H3,(H,21,23). The molecule has 1 amide bonds. The van der Waals surface area contributed by atoms with E-state index in [4.69, 9.17) is 0 Å². The Morgan fingerprint density at radius 3 is 2.88 bits per heavy atom. The number of nitrogens with zero attached hydrogens (tertiary/aromatic N) is 2. The van der Waals surface area contributed by atoms with E-state index in [1.807, 2.05) is 29.6 Å². The number of rotatable bonds is 6. The van der Waals surface area contributed by atoms with Gasteiger partial charge in [0, 0.05) is 29.9 Å². The zero-order valence-electron chi connectivity index (χ0n) is 13.5. The molecule has 0 atom stereocenters. The fourth-order valence-corrected chi connectivity index (χ4v) is 3.27. The maximum Gasteiger partial charge on any atom is 0.226 e. The number of hydrogen-bond donors (Lipinski definition) is 1. The third kappa shape index (κ3) is 4.26. The third-order valence-electron chi connectivity index (χ3n) is 3.78. The maximum atomic E-state index is 12.1. The molecule has 0 aliphatic rings. The lowest BCUT2D eigenvalue weighted by Crippen LogP contribution is -2.27. The number of thiazole rings is 1. The minimum Gasteiger partial charge on any atom is -0.355 e. The molecule has 2 aromatic heterocycles. The van der Waals surface area contributed by atoms with Crippen LogP contribution in [0.15, 0.2) is 54.2 Å². The minimum absolute atomic E-state index is 0.00613. The van der Waals surface area contributed by atoms with Crippen molar-refractivity contribution < 1.29 is 4.79 Å². The van der Waals surface area contributed by atoms with Crippen LogP contribution in [0.3, 0.4) is 0 Å². The number of pyridine rings is 1. The molecular weight excluding hydrogens is 318 g/mol. The van der Waals surface area contributed by atoms with Gasteiger partial charge in [0.2, 0.25) is 5.91 Å². The first kappa shape index (κ1) is 16.3. The van der Waals surface area contributed by atoms with E-state index in [1.165, 1.54) is 22.5 Å². The first-order chi connectivity index (χ1) is 11.7. The summed E-state index contributed by atoms with van der Waals surface area (Å²) in [5.41, 5.74) is 4.30. The van der Waals surface area contributed by atoms with E-state index in [0.29, 0.717) is 13.0 Å². The van der Waals surface area contributed by atoms with Gasteiger partial charge >= 0.3 is 0 Å². The molecule has 1 aromatic carbocycles. The molecule has 4 nitrogen and oxygen atoms in total. The highest BCUT2D eigenvalue weighted by Gasteiger charge is 2.09. The molecule has 0 spiro atoms. The van der Waals surface area contributed by atoms with E-state index in [1.54, 1.807) is 12.4 Å². The van der Waals surface area contributed by atoms with Crippen molar-refractivity contribution in [3.63, 3.8) is 0 Å². The lowest BCUT2D eigenvalue weighted by atomic mass is 10.1. The van der Waals surface area contributed by atoms with Gasteiger partial charge in [-0.3, -0.25) is 9.78 Å². The molecule has 5 heteroatoms. The van der Waals surface area contributed by atoms with E-state index in [-0.39, 0.29) is 5.91 Å². The first-order valence-corrected chi connectivity index (χ1v) is 8.76. The molecule has 24 heavy (non-hydrogen) atoms. The fourth-order valence-electron chi connectivity index (χ4n) is 2.46. The van der Waals surface area contributed by atoms with E-state index in [9.17, 15) is 4.79 Å². The molecule has 0 aliphatic carbocycles. The van der Waals surface area contributed by atoms with E-state index < -0.39 is 0 Å². The second kappa shape index (κ2) is 7.84. The zero-order chi connectivity index (χ0) is 16.8. The molecule has 3 rings (SSSR count). The van der Waals surface area contributed by atoms with E-state index in [2.05, 4.69) is 34.3 Å². The smallest absolute Gasteiger partial charge is 0.226 e. The molecule has 0 unspecified atom stereocenters. The van der Waals surface area contributed by atoms with Crippen LogP contribution < -0.4 is 5.32 Å². The Bertz CT molecular complexity index is 814. The van der Waals surface area contributed by atoms with Crippen LogP contribution in [-0.4, -0.2) is 22.4 Å². The van der Waals surface area contributed by atoms with Crippen molar-refractivity contribution in [3.8, 4) is 10.6 Å². The van der Waals surface area contributed by atoms with Gasteiger partial charge in [-0.25, -0.2) is 4.98 Å². The summed E-state index contributed by atoms with van der Waals surface area (Å²) in [6.45, 7) is 2.73. The van der Waals surface area contributed by atoms with Gasteiger partial charge in [0.05, 0.1) is 12.1 Å². The minimum atomic E-state index is 0.00613. The number of hydrogen-bond acceptors (Lipinski definition) is 4. The third-order valence-corrected chi connectivity index (χ3v) is 4.72. The Hall–Kier alpha value is -2.53. The van der Waals surface area contributed by atoms with Crippen molar-refractivity contribution in [1.29, 1.82) is 0 Å². The maximum absolute atomic E-state index is 12.1. The Morgan fingerprint density at radius 2 is 2.08 bits per heavy atom. The first-order valence-electron chi connectivity index (χ1n) is 7.88. The summed E-state index contributed by atoms with van der Waals surface area (Å²) in [5.74, 6) is 0.00613. The second-order valence-corrected chi connectivity index (χ2v) is 6.45. The van der Waals surface area contributed by atoms with Crippen LogP contribution >= 0.6 is 11.3 Å². The summed E-state index contributed by atoms with van der Waals surface area (Å²) in [5, 5.41) is 5.80. The van der Waals surface area contributed by atoms with Crippen LogP contribution in [0.25, 0.3) is 10.6 Å². The zero-order valence-corrected chi connectivity index (χ0v) is 14.3. The number of amides is 1. The number of carbonyl (C=O) groups is 1. The highest BCUT2D eigenvalue weighted by molar-refractivity contribution is 7.13. The van der Waals surface area contributed by atoms with Gasteiger partial charge in [0.25, 0.3) is 0 Å². The lowest BCUT2D eigenvalue weighted by Gasteiger charge is -2.06. The molecule has 122 valence electrons. The molecule has 1 N–H and O–H groups in total. The molecule has 0 radical (unpaired) electrons. The lowest BCUT2D eigenvalue weighted by molar-refractivity contribution is -0.120. The van der Waals surface area contributed by atoms with E-state index >= 15 is 0 Å². The predicted octanol–water partition coefficient (Wildman–Crippen LogP) is 3.41. The normalized spacial score (nSPS) is 10.5. The summed E-state index contributed by atoms with van der Waals surface area (Å²) in [7, 11) is 0. The topological polar surface area (TPSA) is 54.9 Å². The van der Waals surface area contributed by atoms with Gasteiger partial charge in [-0.1, -0.05) is 24.3 Å². The summed E-state index contributed by atoms with van der Waals surface area (Å²) in [4.78, 5) is 20.7. The van der Waals surface area contributed by atoms with Crippen LogP contribution in [-0.2, 0) is 17.6 Å². The average Bonchev–Trinajstić information content (AvgIpc) is 3.06. The predicted molar refractivity (Wildman–Crippen MR) is 96.9 cm³/mol. The molecule has 2 heterocycles. The Labute approximate surface area is 145 Å². The molecule has 3 aromatic rings. The van der Waals surface area contributed by atoms with Gasteiger partial charge in [-0.2, -0.15) is 0 Å². The largest absolute Gasteiger partial charge is 0.355 e. The summed E-state index contributed by atoms with van der Waals surface area (Å²) in [6.07, 6.45) is 4.67. The van der Waals surface area contributed by atoms with Crippen molar-refractivity contribution in [2.45, 2.75) is 19.8 Å². The quantitative estimate of drug-likeness (QED) is 0.750. The van der Waals surface area contributed by atoms with Crippen LogP contribution in [0.5, 0.6) is 0 Å². The number of nitrogens with one attached hydrogen (secondary N) is 1. The van der Waals surface area contributed by atoms with Gasteiger partial charge in [0.1, 0.15) is 5.01 Å². The van der Waals surface area contributed by atoms with Crippen LogP contribution in [0.2, 0.25) is 0 Å². The van der Waals surface area contributed by atoms with Crippen molar-refractivity contribution in [3.05, 3.63) is 71.0 Å². The molecule has 0 bridgehead atoms. The molecule has 0 fully saturated rings. The van der Waals surface area contributed by atoms with Crippen LogP contribution in [0.1, 0.15) is 16.8 Å². The summed E-state index contributed by atoms with van der Waals surface area (Å²) < 4.78 is 0. The Morgan fingerprint density at radius 1 is 1.21 bits per heavy atom. The number of carbonyl (C=O) groups excluding carboxylic acids is 1. The monoisotopic (exact) mass is 337 g/mol. The number of aryl methyl sites for hydroxylation is 1. The van der Waals surface area contributed by atoms with E-state index in [0.717, 1.165) is 22.7 Å². The second-order valence-electron chi connectivity index (χ2n) is 5.59. The average molecular weight is 337 g/mol. The molecule has 0 aliphatic heterocycles. The SMILES string of the molecule is Cc1ccccc1CCNC(=O)Cc1csc(-c2cccnc2)n1. The van der Waals surface area contributed by atoms with Crippen LogP contribution in [0.4, 0.5) is 0 Å². The Kier molecular flexibility index (Phi) is 5.33. The summed E-state index contributed by atoms with van der Waals surface area (Å²) >= 11 is 1.54. The number of benzene rings is 1. The van der Waals surface area contributed by atoms with Gasteiger partial charge in [0.15, 0.2) is 0 Å². The molecule has 0 saturated heterocycles. The summed E-state index contributed by atoms with van der Waals surface area (Å²) in [6, 6.07) is 12.1. The van der Waals surface area contributed by atoms with Crippen molar-refractivity contribution in [2.24, 2.45) is 0 Å². The Balaban J connectivity index is 1.51. The number of aromatic nitrogens is 2. The van der Waals surface area contributed by atoms with Crippen molar-refractivity contribution in [1.82, 2.24) is 15.3 Å². The highest BCUT2D eigenvalue weighted by atomic mass is 32.1. The van der Waals surface area contributed by atoms with Gasteiger partial charge in [-0.05, 0) is 36.6 Å². The highest BCUT2D eigenvalue weighted by Crippen LogP contribution is 2.22. The van der Waals surface area contributed by atoms with Gasteiger partial charge in [-0.15, -0.1) is 11.3 Å². The molecule has 0 saturated carbocycles. The fraction of sp³-hybridized carbons (Fsp3) is 0.211. The van der Waals surface area contributed by atoms with Crippen molar-refractivity contribution >= 4 is 17.2 Å².